The van der Waals surface area contributed by atoms with Gasteiger partial charge in [-0.3, -0.25) is 5.10 Å². The zero-order chi connectivity index (χ0) is 15.0. The zero-order valence-corrected chi connectivity index (χ0v) is 13.3. The summed E-state index contributed by atoms with van der Waals surface area (Å²) >= 11 is 13.6. The summed E-state index contributed by atoms with van der Waals surface area (Å²) in [5.41, 5.74) is 8.44. The zero-order valence-electron chi connectivity index (χ0n) is 11.0. The number of anilines is 1. The van der Waals surface area contributed by atoms with Gasteiger partial charge in [-0.05, 0) is 29.1 Å². The minimum atomic E-state index is 0.402. The molecule has 0 unspecified atom stereocenters. The molecule has 0 bridgehead atoms. The molecule has 0 amide bonds. The van der Waals surface area contributed by atoms with Crippen molar-refractivity contribution >= 4 is 40.4 Å². The van der Waals surface area contributed by atoms with Crippen LogP contribution in [0.25, 0.3) is 21.7 Å². The van der Waals surface area contributed by atoms with Crippen LogP contribution in [-0.4, -0.2) is 17.3 Å². The van der Waals surface area contributed by atoms with Gasteiger partial charge >= 0.3 is 0 Å². The van der Waals surface area contributed by atoms with Crippen molar-refractivity contribution < 1.29 is 4.74 Å². The maximum Gasteiger partial charge on any atom is 0.153 e. The summed E-state index contributed by atoms with van der Waals surface area (Å²) in [5, 5.41) is 9.98. The molecule has 0 radical (unpaired) electrons. The van der Waals surface area contributed by atoms with Gasteiger partial charge in [0, 0.05) is 0 Å². The third kappa shape index (κ3) is 2.48. The molecule has 0 saturated carbocycles. The second kappa shape index (κ2) is 5.60. The van der Waals surface area contributed by atoms with Crippen molar-refractivity contribution in [1.29, 1.82) is 0 Å². The van der Waals surface area contributed by atoms with Crippen LogP contribution >= 0.6 is 34.5 Å². The number of nitrogen functional groups attached to an aromatic ring is 1. The first-order valence-electron chi connectivity index (χ1n) is 6.03. The van der Waals surface area contributed by atoms with Gasteiger partial charge in [-0.2, -0.15) is 5.10 Å². The van der Waals surface area contributed by atoms with Crippen LogP contribution in [0.3, 0.4) is 0 Å². The van der Waals surface area contributed by atoms with Gasteiger partial charge in [-0.25, -0.2) is 0 Å². The molecule has 0 spiro atoms. The van der Waals surface area contributed by atoms with E-state index in [2.05, 4.69) is 10.2 Å². The molecule has 0 saturated heterocycles. The monoisotopic (exact) mass is 339 g/mol. The average Bonchev–Trinajstić information content (AvgIpc) is 3.07. The van der Waals surface area contributed by atoms with Gasteiger partial charge in [0.25, 0.3) is 0 Å². The molecule has 2 heterocycles. The highest BCUT2D eigenvalue weighted by Crippen LogP contribution is 2.42. The van der Waals surface area contributed by atoms with Crippen LogP contribution in [-0.2, 0) is 0 Å². The van der Waals surface area contributed by atoms with Crippen molar-refractivity contribution in [2.24, 2.45) is 0 Å². The number of aromatic nitrogens is 2. The van der Waals surface area contributed by atoms with Gasteiger partial charge in [0.15, 0.2) is 5.82 Å². The van der Waals surface area contributed by atoms with Gasteiger partial charge in [0.05, 0.1) is 33.3 Å². The summed E-state index contributed by atoms with van der Waals surface area (Å²) in [5.74, 6) is 1.17. The van der Waals surface area contributed by atoms with Crippen molar-refractivity contribution in [1.82, 2.24) is 10.2 Å². The molecule has 0 fully saturated rings. The van der Waals surface area contributed by atoms with Crippen LogP contribution in [0.4, 0.5) is 5.82 Å². The Morgan fingerprint density at radius 2 is 2.05 bits per heavy atom. The molecule has 4 nitrogen and oxygen atoms in total. The summed E-state index contributed by atoms with van der Waals surface area (Å²) in [7, 11) is 1.63. The second-order valence-electron chi connectivity index (χ2n) is 4.31. The Hall–Kier alpha value is -1.69. The molecule has 21 heavy (non-hydrogen) atoms. The number of hydrogen-bond donors (Lipinski definition) is 2. The predicted octanol–water partition coefficient (Wildman–Crippen LogP) is 4.70. The SMILES string of the molecule is COc1ccsc1-c1[nH]nc(N)c1-c1ccc(Cl)c(Cl)c1. The number of ether oxygens (including phenoxy) is 1. The van der Waals surface area contributed by atoms with E-state index >= 15 is 0 Å². The summed E-state index contributed by atoms with van der Waals surface area (Å²) < 4.78 is 5.36. The van der Waals surface area contributed by atoms with E-state index in [0.717, 1.165) is 27.4 Å². The predicted molar refractivity (Wildman–Crippen MR) is 88.3 cm³/mol. The highest BCUT2D eigenvalue weighted by molar-refractivity contribution is 7.14. The molecule has 2 aromatic heterocycles. The highest BCUT2D eigenvalue weighted by Gasteiger charge is 2.19. The molecular weight excluding hydrogens is 329 g/mol. The summed E-state index contributed by atoms with van der Waals surface area (Å²) in [6.07, 6.45) is 0. The van der Waals surface area contributed by atoms with E-state index in [1.165, 1.54) is 0 Å². The van der Waals surface area contributed by atoms with E-state index in [1.54, 1.807) is 30.6 Å². The van der Waals surface area contributed by atoms with E-state index in [-0.39, 0.29) is 0 Å². The van der Waals surface area contributed by atoms with Crippen LogP contribution in [0.2, 0.25) is 10.0 Å². The average molecular weight is 340 g/mol. The second-order valence-corrected chi connectivity index (χ2v) is 6.04. The maximum absolute atomic E-state index is 6.09. The number of thiophene rings is 1. The molecule has 3 aromatic rings. The summed E-state index contributed by atoms with van der Waals surface area (Å²) in [6, 6.07) is 7.27. The smallest absolute Gasteiger partial charge is 0.153 e. The third-order valence-electron chi connectivity index (χ3n) is 3.08. The van der Waals surface area contributed by atoms with Gasteiger partial charge in [0.2, 0.25) is 0 Å². The minimum Gasteiger partial charge on any atom is -0.495 e. The third-order valence-corrected chi connectivity index (χ3v) is 4.73. The van der Waals surface area contributed by atoms with E-state index < -0.39 is 0 Å². The highest BCUT2D eigenvalue weighted by atomic mass is 35.5. The fourth-order valence-electron chi connectivity index (χ4n) is 2.10. The molecule has 0 aliphatic heterocycles. The molecular formula is C14H11Cl2N3OS. The van der Waals surface area contributed by atoms with Crippen molar-refractivity contribution in [2.75, 3.05) is 12.8 Å². The summed E-state index contributed by atoms with van der Waals surface area (Å²) in [6.45, 7) is 0. The topological polar surface area (TPSA) is 63.9 Å². The van der Waals surface area contributed by atoms with E-state index in [0.29, 0.717) is 15.9 Å². The fourth-order valence-corrected chi connectivity index (χ4v) is 3.26. The number of hydrogen-bond acceptors (Lipinski definition) is 4. The quantitative estimate of drug-likeness (QED) is 0.726. The van der Waals surface area contributed by atoms with Gasteiger partial charge in [-0.1, -0.05) is 29.3 Å². The lowest BCUT2D eigenvalue weighted by atomic mass is 10.0. The number of nitrogens with one attached hydrogen (secondary N) is 1. The minimum absolute atomic E-state index is 0.402. The fraction of sp³-hybridized carbons (Fsp3) is 0.0714. The Balaban J connectivity index is 2.19. The molecule has 7 heteroatoms. The lowest BCUT2D eigenvalue weighted by Crippen LogP contribution is -1.89. The molecule has 108 valence electrons. The lowest BCUT2D eigenvalue weighted by molar-refractivity contribution is 0.418. The van der Waals surface area contributed by atoms with Crippen molar-refractivity contribution in [3.8, 4) is 27.4 Å². The molecule has 0 aliphatic carbocycles. The first-order valence-corrected chi connectivity index (χ1v) is 7.66. The lowest BCUT2D eigenvalue weighted by Gasteiger charge is -2.06. The largest absolute Gasteiger partial charge is 0.495 e. The van der Waals surface area contributed by atoms with Crippen LogP contribution in [0.5, 0.6) is 5.75 Å². The Labute approximate surface area is 135 Å². The first-order chi connectivity index (χ1) is 10.1. The number of benzene rings is 1. The van der Waals surface area contributed by atoms with Gasteiger partial charge in [0.1, 0.15) is 5.75 Å². The number of nitrogens with two attached hydrogens (primary N) is 1. The number of H-pyrrole nitrogens is 1. The first kappa shape index (κ1) is 14.3. The van der Waals surface area contributed by atoms with Crippen molar-refractivity contribution in [3.05, 3.63) is 39.7 Å². The Morgan fingerprint density at radius 3 is 2.76 bits per heavy atom. The van der Waals surface area contributed by atoms with Crippen LogP contribution < -0.4 is 10.5 Å². The van der Waals surface area contributed by atoms with Crippen LogP contribution in [0.15, 0.2) is 29.6 Å². The van der Waals surface area contributed by atoms with Gasteiger partial charge < -0.3 is 10.5 Å². The van der Waals surface area contributed by atoms with Crippen LogP contribution in [0, 0.1) is 0 Å². The van der Waals surface area contributed by atoms with E-state index in [9.17, 15) is 0 Å². The number of aromatic amines is 1. The molecule has 1 aromatic carbocycles. The Bertz CT molecular complexity index is 797. The van der Waals surface area contributed by atoms with Crippen LogP contribution in [0.1, 0.15) is 0 Å². The number of halogens is 2. The molecule has 3 rings (SSSR count). The number of rotatable bonds is 3. The Morgan fingerprint density at radius 1 is 1.24 bits per heavy atom. The molecule has 3 N–H and O–H groups in total. The van der Waals surface area contributed by atoms with Crippen molar-refractivity contribution in [3.63, 3.8) is 0 Å². The van der Waals surface area contributed by atoms with E-state index in [1.807, 2.05) is 17.5 Å². The molecule has 0 aliphatic rings. The Kier molecular flexibility index (Phi) is 3.80. The standard InChI is InChI=1S/C14H11Cl2N3OS/c1-20-10-4-5-21-13(10)12-11(14(17)19-18-12)7-2-3-8(15)9(16)6-7/h2-6H,1H3,(H3,17,18,19). The molecule has 0 atom stereocenters. The van der Waals surface area contributed by atoms with Crippen molar-refractivity contribution in [2.45, 2.75) is 0 Å². The van der Waals surface area contributed by atoms with Gasteiger partial charge in [-0.15, -0.1) is 11.3 Å². The number of nitrogens with zero attached hydrogens (tertiary/aromatic N) is 1. The number of methoxy groups -OCH3 is 1. The maximum atomic E-state index is 6.09. The summed E-state index contributed by atoms with van der Waals surface area (Å²) in [4.78, 5) is 0.933. The van der Waals surface area contributed by atoms with E-state index in [4.69, 9.17) is 33.7 Å². The normalized spacial score (nSPS) is 10.8.